The molecular weight excluding hydrogens is 192 g/mol. The predicted molar refractivity (Wildman–Crippen MR) is 59.7 cm³/mol. The quantitative estimate of drug-likeness (QED) is 0.650. The first kappa shape index (κ1) is 12.2. The highest BCUT2D eigenvalue weighted by Gasteiger charge is 2.14. The van der Waals surface area contributed by atoms with Gasteiger partial charge < -0.3 is 15.4 Å². The van der Waals surface area contributed by atoms with Crippen molar-refractivity contribution in [2.24, 2.45) is 0 Å². The molecule has 1 saturated heterocycles. The van der Waals surface area contributed by atoms with Crippen LogP contribution in [-0.4, -0.2) is 38.3 Å². The van der Waals surface area contributed by atoms with Crippen molar-refractivity contribution >= 4 is 5.91 Å². The topological polar surface area (TPSA) is 50.4 Å². The highest BCUT2D eigenvalue weighted by Crippen LogP contribution is 2.06. The summed E-state index contributed by atoms with van der Waals surface area (Å²) in [6.45, 7) is 8.27. The monoisotopic (exact) mass is 212 g/mol. The molecule has 0 saturated carbocycles. The van der Waals surface area contributed by atoms with E-state index in [4.69, 9.17) is 4.74 Å². The van der Waals surface area contributed by atoms with E-state index in [1.165, 1.54) is 0 Å². The summed E-state index contributed by atoms with van der Waals surface area (Å²) in [4.78, 5) is 11.3. The second-order valence-corrected chi connectivity index (χ2v) is 3.99. The van der Waals surface area contributed by atoms with Crippen molar-refractivity contribution in [1.82, 2.24) is 10.6 Å². The van der Waals surface area contributed by atoms with Crippen LogP contribution in [0.5, 0.6) is 0 Å². The minimum atomic E-state index is -0.0588. The van der Waals surface area contributed by atoms with Crippen LogP contribution in [0.3, 0.4) is 0 Å². The van der Waals surface area contributed by atoms with Crippen molar-refractivity contribution in [2.75, 3.05) is 26.2 Å². The highest BCUT2D eigenvalue weighted by molar-refractivity contribution is 5.77. The third-order valence-electron chi connectivity index (χ3n) is 2.32. The molecule has 1 fully saturated rings. The van der Waals surface area contributed by atoms with E-state index in [2.05, 4.69) is 17.2 Å². The molecule has 0 aliphatic carbocycles. The van der Waals surface area contributed by atoms with Crippen LogP contribution in [0.2, 0.25) is 0 Å². The minimum absolute atomic E-state index is 0.0588. The molecule has 0 unspecified atom stereocenters. The van der Waals surface area contributed by atoms with E-state index < -0.39 is 0 Å². The summed E-state index contributed by atoms with van der Waals surface area (Å²) >= 11 is 0. The number of amides is 1. The highest BCUT2D eigenvalue weighted by atomic mass is 16.5. The summed E-state index contributed by atoms with van der Waals surface area (Å²) in [5.41, 5.74) is 0.949. The molecule has 0 aromatic carbocycles. The van der Waals surface area contributed by atoms with Gasteiger partial charge in [0.25, 0.3) is 0 Å². The van der Waals surface area contributed by atoms with Gasteiger partial charge in [-0.25, -0.2) is 0 Å². The van der Waals surface area contributed by atoms with Gasteiger partial charge in [-0.05, 0) is 32.9 Å². The summed E-state index contributed by atoms with van der Waals surface area (Å²) in [6, 6.07) is 0. The van der Waals surface area contributed by atoms with Crippen LogP contribution in [0, 0.1) is 0 Å². The molecule has 1 heterocycles. The van der Waals surface area contributed by atoms with E-state index in [1.54, 1.807) is 0 Å². The fourth-order valence-corrected chi connectivity index (χ4v) is 1.46. The molecule has 1 rings (SSSR count). The molecule has 1 aliphatic rings. The number of hydrogen-bond donors (Lipinski definition) is 2. The van der Waals surface area contributed by atoms with Gasteiger partial charge >= 0.3 is 0 Å². The third-order valence-corrected chi connectivity index (χ3v) is 2.32. The van der Waals surface area contributed by atoms with Gasteiger partial charge in [-0.3, -0.25) is 4.79 Å². The average Bonchev–Trinajstić information content (AvgIpc) is 2.25. The molecule has 0 atom stereocenters. The Morgan fingerprint density at radius 1 is 1.53 bits per heavy atom. The smallest absolute Gasteiger partial charge is 0.246 e. The van der Waals surface area contributed by atoms with E-state index in [-0.39, 0.29) is 18.6 Å². The normalized spacial score (nSPS) is 17.4. The van der Waals surface area contributed by atoms with Crippen molar-refractivity contribution in [3.63, 3.8) is 0 Å². The van der Waals surface area contributed by atoms with Crippen molar-refractivity contribution in [2.45, 2.75) is 25.9 Å². The number of hydrogen-bond acceptors (Lipinski definition) is 3. The number of rotatable bonds is 5. The molecule has 4 heteroatoms. The Bertz CT molecular complexity index is 223. The maximum atomic E-state index is 11.3. The summed E-state index contributed by atoms with van der Waals surface area (Å²) in [5.74, 6) is -0.0588. The molecule has 0 bridgehead atoms. The lowest BCUT2D eigenvalue weighted by Gasteiger charge is -2.22. The van der Waals surface area contributed by atoms with Crippen molar-refractivity contribution in [1.29, 1.82) is 0 Å². The lowest BCUT2D eigenvalue weighted by molar-refractivity contribution is -0.128. The molecule has 15 heavy (non-hydrogen) atoms. The molecule has 1 aliphatic heterocycles. The van der Waals surface area contributed by atoms with E-state index in [9.17, 15) is 4.79 Å². The number of carbonyl (C=O) groups excluding carboxylic acids is 1. The largest absolute Gasteiger partial charge is 0.368 e. The van der Waals surface area contributed by atoms with Crippen LogP contribution in [0.25, 0.3) is 0 Å². The lowest BCUT2D eigenvalue weighted by Crippen LogP contribution is -2.36. The zero-order valence-corrected chi connectivity index (χ0v) is 9.34. The number of piperidine rings is 1. The molecule has 0 aromatic heterocycles. The fourth-order valence-electron chi connectivity index (χ4n) is 1.46. The summed E-state index contributed by atoms with van der Waals surface area (Å²) in [5, 5.41) is 5.99. The molecule has 0 radical (unpaired) electrons. The number of ether oxygens (including phenoxy) is 1. The minimum Gasteiger partial charge on any atom is -0.368 e. The summed E-state index contributed by atoms with van der Waals surface area (Å²) in [7, 11) is 0. The molecular formula is C11H20N2O2. The Kier molecular flexibility index (Phi) is 5.36. The first-order valence-corrected chi connectivity index (χ1v) is 5.42. The van der Waals surface area contributed by atoms with E-state index in [0.717, 1.165) is 31.5 Å². The van der Waals surface area contributed by atoms with Crippen LogP contribution >= 0.6 is 0 Å². The molecule has 4 nitrogen and oxygen atoms in total. The first-order chi connectivity index (χ1) is 7.18. The SMILES string of the molecule is C=C(C)CNC(=O)COC1CCNCC1. The average molecular weight is 212 g/mol. The summed E-state index contributed by atoms with van der Waals surface area (Å²) < 4.78 is 5.50. The fraction of sp³-hybridized carbons (Fsp3) is 0.727. The maximum Gasteiger partial charge on any atom is 0.246 e. The van der Waals surface area contributed by atoms with Gasteiger partial charge in [-0.1, -0.05) is 12.2 Å². The second-order valence-electron chi connectivity index (χ2n) is 3.99. The maximum absolute atomic E-state index is 11.3. The van der Waals surface area contributed by atoms with Gasteiger partial charge in [0.15, 0.2) is 0 Å². The second kappa shape index (κ2) is 6.58. The van der Waals surface area contributed by atoms with Crippen LogP contribution in [0.15, 0.2) is 12.2 Å². The van der Waals surface area contributed by atoms with Crippen LogP contribution in [0.4, 0.5) is 0 Å². The van der Waals surface area contributed by atoms with Gasteiger partial charge in [0, 0.05) is 6.54 Å². The number of nitrogens with one attached hydrogen (secondary N) is 2. The van der Waals surface area contributed by atoms with Gasteiger partial charge in [0.05, 0.1) is 6.10 Å². The molecule has 1 amide bonds. The van der Waals surface area contributed by atoms with Crippen molar-refractivity contribution in [3.8, 4) is 0 Å². The van der Waals surface area contributed by atoms with Crippen LogP contribution in [-0.2, 0) is 9.53 Å². The lowest BCUT2D eigenvalue weighted by atomic mass is 10.1. The van der Waals surface area contributed by atoms with Crippen LogP contribution in [0.1, 0.15) is 19.8 Å². The Morgan fingerprint density at radius 2 is 2.20 bits per heavy atom. The molecule has 0 aromatic rings. The zero-order chi connectivity index (χ0) is 11.1. The first-order valence-electron chi connectivity index (χ1n) is 5.42. The molecule has 86 valence electrons. The van der Waals surface area contributed by atoms with E-state index in [1.807, 2.05) is 6.92 Å². The predicted octanol–water partition coefficient (Wildman–Crippen LogP) is 0.447. The van der Waals surface area contributed by atoms with E-state index >= 15 is 0 Å². The van der Waals surface area contributed by atoms with Gasteiger partial charge in [0.1, 0.15) is 6.61 Å². The Balaban J connectivity index is 2.07. The Hall–Kier alpha value is -0.870. The van der Waals surface area contributed by atoms with Gasteiger partial charge in [-0.15, -0.1) is 0 Å². The third kappa shape index (κ3) is 5.54. The van der Waals surface area contributed by atoms with Gasteiger partial charge in [-0.2, -0.15) is 0 Å². The Morgan fingerprint density at radius 3 is 2.80 bits per heavy atom. The van der Waals surface area contributed by atoms with Crippen molar-refractivity contribution < 1.29 is 9.53 Å². The van der Waals surface area contributed by atoms with E-state index in [0.29, 0.717) is 6.54 Å². The van der Waals surface area contributed by atoms with Gasteiger partial charge in [0.2, 0.25) is 5.91 Å². The number of carbonyl (C=O) groups is 1. The van der Waals surface area contributed by atoms with Crippen molar-refractivity contribution in [3.05, 3.63) is 12.2 Å². The Labute approximate surface area is 91.1 Å². The molecule has 2 N–H and O–H groups in total. The molecule has 0 spiro atoms. The van der Waals surface area contributed by atoms with Crippen LogP contribution < -0.4 is 10.6 Å². The standard InChI is InChI=1S/C11H20N2O2/c1-9(2)7-13-11(14)8-15-10-3-5-12-6-4-10/h10,12H,1,3-8H2,2H3,(H,13,14). The summed E-state index contributed by atoms with van der Waals surface area (Å²) in [6.07, 6.45) is 2.23. The zero-order valence-electron chi connectivity index (χ0n) is 9.34.